The molecular formula is C12H6ClF4N3O3. The molecule has 1 aromatic heterocycles. The van der Waals surface area contributed by atoms with Crippen molar-refractivity contribution in [3.8, 4) is 11.3 Å². The number of rotatable bonds is 3. The Bertz CT molecular complexity index is 870. The van der Waals surface area contributed by atoms with Crippen LogP contribution in [0, 0.1) is 28.7 Å². The summed E-state index contributed by atoms with van der Waals surface area (Å²) in [7, 11) is 0. The topological polar surface area (TPSA) is 78.0 Å². The lowest BCUT2D eigenvalue weighted by Crippen LogP contribution is -2.25. The highest BCUT2D eigenvalue weighted by Crippen LogP contribution is 2.31. The van der Waals surface area contributed by atoms with Gasteiger partial charge in [-0.05, 0) is 13.0 Å². The fraction of sp³-hybridized carbons (Fsp3) is 0.167. The van der Waals surface area contributed by atoms with E-state index in [-0.39, 0.29) is 10.6 Å². The van der Waals surface area contributed by atoms with Crippen LogP contribution in [-0.4, -0.2) is 14.5 Å². The van der Waals surface area contributed by atoms with Crippen LogP contribution < -0.4 is 5.56 Å². The van der Waals surface area contributed by atoms with E-state index in [0.717, 1.165) is 6.92 Å². The molecule has 2 aromatic rings. The van der Waals surface area contributed by atoms with Gasteiger partial charge in [0.05, 0.1) is 16.7 Å². The first kappa shape index (κ1) is 16.9. The Morgan fingerprint density at radius 1 is 1.30 bits per heavy atom. The molecule has 0 radical (unpaired) electrons. The van der Waals surface area contributed by atoms with Crippen LogP contribution in [0.4, 0.5) is 23.2 Å². The first-order chi connectivity index (χ1) is 10.6. The number of nitrogens with zero attached hydrogens (tertiary/aromatic N) is 3. The molecule has 2 rings (SSSR count). The van der Waals surface area contributed by atoms with E-state index in [9.17, 15) is 32.5 Å². The van der Waals surface area contributed by atoms with E-state index < -0.39 is 56.5 Å². The average Bonchev–Trinajstić information content (AvgIpc) is 2.44. The zero-order valence-electron chi connectivity index (χ0n) is 11.2. The molecule has 0 N–H and O–H groups in total. The first-order valence-corrected chi connectivity index (χ1v) is 6.23. The number of nitro benzene ring substituents is 1. The van der Waals surface area contributed by atoms with E-state index in [1.54, 1.807) is 0 Å². The van der Waals surface area contributed by atoms with Gasteiger partial charge in [0.25, 0.3) is 5.56 Å². The zero-order valence-corrected chi connectivity index (χ0v) is 11.9. The molecule has 0 aliphatic heterocycles. The summed E-state index contributed by atoms with van der Waals surface area (Å²) in [5.41, 5.74) is -3.71. The van der Waals surface area contributed by atoms with Gasteiger partial charge in [-0.3, -0.25) is 14.9 Å². The van der Waals surface area contributed by atoms with Crippen molar-refractivity contribution in [3.63, 3.8) is 0 Å². The Morgan fingerprint density at radius 3 is 2.43 bits per heavy atom. The van der Waals surface area contributed by atoms with E-state index in [1.807, 2.05) is 0 Å². The van der Waals surface area contributed by atoms with Crippen molar-refractivity contribution in [2.45, 2.75) is 13.5 Å². The van der Waals surface area contributed by atoms with Gasteiger partial charge in [0.15, 0.2) is 0 Å². The minimum absolute atomic E-state index is 0.0223. The highest BCUT2D eigenvalue weighted by molar-refractivity contribution is 6.32. The smallest absolute Gasteiger partial charge is 0.267 e. The largest absolute Gasteiger partial charge is 0.322 e. The Hall–Kier alpha value is -2.49. The number of hydrogen-bond donors (Lipinski definition) is 0. The SMILES string of the molecule is Cc1nc(-c2cc(F)c([N+](=O)[O-])cc2F)c(Cl)c(=O)n1C(F)F. The second kappa shape index (κ2) is 5.95. The van der Waals surface area contributed by atoms with Crippen LogP contribution in [0.25, 0.3) is 11.3 Å². The summed E-state index contributed by atoms with van der Waals surface area (Å²) in [6.07, 6.45) is 0. The molecule has 23 heavy (non-hydrogen) atoms. The monoisotopic (exact) mass is 351 g/mol. The number of hydrogen-bond acceptors (Lipinski definition) is 4. The molecular weight excluding hydrogens is 346 g/mol. The Balaban J connectivity index is 2.76. The standard InChI is InChI=1S/C12H6ClF4N3O3/c1-4-18-10(9(13)11(21)19(4)12(16)17)5-2-7(15)8(20(22)23)3-6(5)14/h2-3,12H,1H3. The summed E-state index contributed by atoms with van der Waals surface area (Å²) in [6, 6.07) is 0.712. The fourth-order valence-electron chi connectivity index (χ4n) is 1.88. The molecule has 11 heteroatoms. The van der Waals surface area contributed by atoms with E-state index in [2.05, 4.69) is 4.98 Å². The van der Waals surface area contributed by atoms with Crippen molar-refractivity contribution in [3.05, 3.63) is 55.1 Å². The Labute approximate surface area is 130 Å². The van der Waals surface area contributed by atoms with Crippen LogP contribution in [0.15, 0.2) is 16.9 Å². The molecule has 1 heterocycles. The minimum atomic E-state index is -3.22. The van der Waals surface area contributed by atoms with Gasteiger partial charge in [-0.15, -0.1) is 0 Å². The normalized spacial score (nSPS) is 11.1. The lowest BCUT2D eigenvalue weighted by atomic mass is 10.1. The van der Waals surface area contributed by atoms with Gasteiger partial charge < -0.3 is 0 Å². The molecule has 0 unspecified atom stereocenters. The van der Waals surface area contributed by atoms with E-state index >= 15 is 0 Å². The Morgan fingerprint density at radius 2 is 1.91 bits per heavy atom. The third-order valence-electron chi connectivity index (χ3n) is 2.92. The molecule has 122 valence electrons. The highest BCUT2D eigenvalue weighted by atomic mass is 35.5. The molecule has 0 fully saturated rings. The summed E-state index contributed by atoms with van der Waals surface area (Å²) in [6.45, 7) is -2.17. The van der Waals surface area contributed by atoms with Crippen molar-refractivity contribution in [1.82, 2.24) is 9.55 Å². The van der Waals surface area contributed by atoms with Crippen LogP contribution in [-0.2, 0) is 0 Å². The van der Waals surface area contributed by atoms with Crippen LogP contribution in [0.2, 0.25) is 5.02 Å². The number of aromatic nitrogens is 2. The van der Waals surface area contributed by atoms with Crippen molar-refractivity contribution >= 4 is 17.3 Å². The minimum Gasteiger partial charge on any atom is -0.267 e. The van der Waals surface area contributed by atoms with E-state index in [1.165, 1.54) is 0 Å². The van der Waals surface area contributed by atoms with Gasteiger partial charge in [-0.25, -0.2) is 13.9 Å². The fourth-order valence-corrected chi connectivity index (χ4v) is 2.12. The Kier molecular flexibility index (Phi) is 4.37. The third-order valence-corrected chi connectivity index (χ3v) is 3.26. The van der Waals surface area contributed by atoms with Gasteiger partial charge in [0, 0.05) is 5.56 Å². The number of aryl methyl sites for hydroxylation is 1. The quantitative estimate of drug-likeness (QED) is 0.482. The lowest BCUT2D eigenvalue weighted by molar-refractivity contribution is -0.387. The third kappa shape index (κ3) is 2.89. The first-order valence-electron chi connectivity index (χ1n) is 5.85. The summed E-state index contributed by atoms with van der Waals surface area (Å²) in [5.74, 6) is -3.15. The molecule has 0 saturated heterocycles. The molecule has 0 aliphatic rings. The van der Waals surface area contributed by atoms with E-state index in [4.69, 9.17) is 11.6 Å². The van der Waals surface area contributed by atoms with Gasteiger partial charge in [-0.1, -0.05) is 11.6 Å². The maximum absolute atomic E-state index is 14.0. The van der Waals surface area contributed by atoms with Crippen molar-refractivity contribution in [1.29, 1.82) is 0 Å². The molecule has 0 spiro atoms. The molecule has 0 saturated carbocycles. The van der Waals surface area contributed by atoms with Crippen molar-refractivity contribution < 1.29 is 22.5 Å². The van der Waals surface area contributed by atoms with Crippen LogP contribution >= 0.6 is 11.6 Å². The van der Waals surface area contributed by atoms with Crippen molar-refractivity contribution in [2.24, 2.45) is 0 Å². The molecule has 0 atom stereocenters. The zero-order chi connectivity index (χ0) is 17.5. The van der Waals surface area contributed by atoms with Gasteiger partial charge >= 0.3 is 12.2 Å². The lowest BCUT2D eigenvalue weighted by Gasteiger charge is -2.12. The summed E-state index contributed by atoms with van der Waals surface area (Å²) >= 11 is 5.62. The predicted octanol–water partition coefficient (Wildman–Crippen LogP) is 3.45. The molecule has 0 bridgehead atoms. The maximum atomic E-state index is 14.0. The van der Waals surface area contributed by atoms with Crippen LogP contribution in [0.5, 0.6) is 0 Å². The van der Waals surface area contributed by atoms with Crippen LogP contribution in [0.1, 0.15) is 12.4 Å². The van der Waals surface area contributed by atoms with E-state index in [0.29, 0.717) is 6.07 Å². The van der Waals surface area contributed by atoms with Gasteiger partial charge in [0.2, 0.25) is 5.82 Å². The molecule has 6 nitrogen and oxygen atoms in total. The number of benzene rings is 1. The summed E-state index contributed by atoms with van der Waals surface area (Å²) < 4.78 is 53.0. The summed E-state index contributed by atoms with van der Waals surface area (Å²) in [4.78, 5) is 24.8. The number of alkyl halides is 2. The molecule has 1 aromatic carbocycles. The number of nitro groups is 1. The second-order valence-electron chi connectivity index (χ2n) is 4.31. The van der Waals surface area contributed by atoms with Gasteiger partial charge in [-0.2, -0.15) is 13.2 Å². The van der Waals surface area contributed by atoms with Crippen molar-refractivity contribution in [2.75, 3.05) is 0 Å². The maximum Gasteiger partial charge on any atom is 0.322 e. The van der Waals surface area contributed by atoms with Crippen LogP contribution in [0.3, 0.4) is 0 Å². The second-order valence-corrected chi connectivity index (χ2v) is 4.69. The predicted molar refractivity (Wildman–Crippen MR) is 71.5 cm³/mol. The summed E-state index contributed by atoms with van der Waals surface area (Å²) in [5, 5.41) is 9.68. The molecule has 0 aliphatic carbocycles. The number of halogens is 5. The average molecular weight is 352 g/mol. The molecule has 0 amide bonds. The van der Waals surface area contributed by atoms with Gasteiger partial charge in [0.1, 0.15) is 16.7 Å². The highest BCUT2D eigenvalue weighted by Gasteiger charge is 2.24.